The predicted octanol–water partition coefficient (Wildman–Crippen LogP) is 12.2. The molecule has 3 aromatic carbocycles. The van der Waals surface area contributed by atoms with Crippen LogP contribution in [0, 0.1) is 17.8 Å². The molecule has 0 radical (unpaired) electrons. The minimum atomic E-state index is -0.436. The zero-order valence-corrected chi connectivity index (χ0v) is 42.2. The summed E-state index contributed by atoms with van der Waals surface area (Å²) in [4.78, 5) is 23.8. The molecular formula is C58H83N5O4. The molecule has 6 N–H and O–H groups in total. The highest BCUT2D eigenvalue weighted by Crippen LogP contribution is 2.40. The van der Waals surface area contributed by atoms with E-state index in [2.05, 4.69) is 145 Å². The molecule has 0 heterocycles. The van der Waals surface area contributed by atoms with Crippen molar-refractivity contribution >= 4 is 30.4 Å². The molecular weight excluding hydrogens is 831 g/mol. The normalized spacial score (nSPS) is 28.3. The van der Waals surface area contributed by atoms with E-state index in [1.165, 1.54) is 46.3 Å². The summed E-state index contributed by atoms with van der Waals surface area (Å²) < 4.78 is 10.7. The molecule has 67 heavy (non-hydrogen) atoms. The van der Waals surface area contributed by atoms with Crippen LogP contribution >= 0.6 is 0 Å². The van der Waals surface area contributed by atoms with Crippen LogP contribution in [-0.4, -0.2) is 65.7 Å². The Morgan fingerprint density at radius 2 is 0.761 bits per heavy atom. The average Bonchev–Trinajstić information content (AvgIpc) is 4.20. The number of nitrogens with two attached hydrogens (primary N) is 1. The standard InChI is InChI=1S/2C23H34N2O2.C12H15N/c2*1-16(14-17-8-6-5-7-9-17)20-15-21(20)24-18-10-12-19(13-11-18)25-22(26)27-23(2,3)4;1-9(11-8-12(11)13)7-10-5-3-2-4-6-10/h2*5-9,14,18-21,24H,10-13,15H2,1-4H3,(H,25,26);2-7,11-12H,8,13H2,1H3/b2*16-14+;9-7+. The minimum Gasteiger partial charge on any atom is -0.444 e. The van der Waals surface area contributed by atoms with Crippen LogP contribution in [0.2, 0.25) is 0 Å². The third kappa shape index (κ3) is 18.7. The smallest absolute Gasteiger partial charge is 0.407 e. The van der Waals surface area contributed by atoms with Crippen LogP contribution in [-0.2, 0) is 9.47 Å². The lowest BCUT2D eigenvalue weighted by molar-refractivity contribution is 0.0478. The third-order valence-corrected chi connectivity index (χ3v) is 13.6. The SMILES string of the molecule is C/C(=C\c1ccccc1)C1CC1N.C/C(=C\c1ccccc1)C1CC1NC1CCC(NC(=O)OC(C)(C)C)CC1.C/C(=C\c1ccccc1)C1CC1NC1CCC(NC(=O)OC(C)(C)C)CC1. The second-order valence-electron chi connectivity index (χ2n) is 22.0. The van der Waals surface area contributed by atoms with E-state index in [4.69, 9.17) is 15.2 Å². The van der Waals surface area contributed by atoms with Gasteiger partial charge in [-0.05, 0) is 167 Å². The van der Waals surface area contributed by atoms with E-state index in [1.54, 1.807) is 0 Å². The molecule has 5 aliphatic carbocycles. The van der Waals surface area contributed by atoms with Crippen molar-refractivity contribution in [3.05, 3.63) is 124 Å². The van der Waals surface area contributed by atoms with E-state index in [1.807, 2.05) is 47.6 Å². The van der Waals surface area contributed by atoms with Crippen LogP contribution in [0.4, 0.5) is 9.59 Å². The molecule has 3 aromatic rings. The number of carbonyl (C=O) groups excluding carboxylic acids is 2. The Hall–Kier alpha value is -4.70. The number of alkyl carbamates (subject to hydrolysis) is 2. The first-order valence-electron chi connectivity index (χ1n) is 25.3. The van der Waals surface area contributed by atoms with Gasteiger partial charge in [0.05, 0.1) is 0 Å². The van der Waals surface area contributed by atoms with E-state index in [0.29, 0.717) is 48.0 Å². The summed E-state index contributed by atoms with van der Waals surface area (Å²) in [6.07, 6.45) is 18.5. The van der Waals surface area contributed by atoms with E-state index in [9.17, 15) is 9.59 Å². The van der Waals surface area contributed by atoms with E-state index in [-0.39, 0.29) is 24.3 Å². The van der Waals surface area contributed by atoms with Crippen molar-refractivity contribution in [2.75, 3.05) is 0 Å². The molecule has 0 aliphatic heterocycles. The maximum absolute atomic E-state index is 11.9. The highest BCUT2D eigenvalue weighted by atomic mass is 16.6. The largest absolute Gasteiger partial charge is 0.444 e. The van der Waals surface area contributed by atoms with Gasteiger partial charge in [-0.2, -0.15) is 0 Å². The van der Waals surface area contributed by atoms with Crippen LogP contribution in [0.3, 0.4) is 0 Å². The second kappa shape index (κ2) is 24.0. The molecule has 0 spiro atoms. The van der Waals surface area contributed by atoms with Gasteiger partial charge in [0, 0.05) is 42.3 Å². The first-order valence-corrected chi connectivity index (χ1v) is 25.3. The lowest BCUT2D eigenvalue weighted by atomic mass is 9.91. The second-order valence-corrected chi connectivity index (χ2v) is 22.0. The van der Waals surface area contributed by atoms with Crippen molar-refractivity contribution in [2.24, 2.45) is 23.5 Å². The molecule has 5 fully saturated rings. The van der Waals surface area contributed by atoms with Crippen LogP contribution in [0.15, 0.2) is 108 Å². The fraction of sp³-hybridized carbons (Fsp3) is 0.552. The molecule has 364 valence electrons. The maximum atomic E-state index is 11.9. The molecule has 2 amide bonds. The molecule has 5 aliphatic rings. The molecule has 6 atom stereocenters. The van der Waals surface area contributed by atoms with Crippen molar-refractivity contribution in [1.29, 1.82) is 0 Å². The van der Waals surface area contributed by atoms with Gasteiger partial charge in [-0.15, -0.1) is 0 Å². The Balaban J connectivity index is 0.000000176. The summed E-state index contributed by atoms with van der Waals surface area (Å²) in [6.45, 7) is 18.1. The van der Waals surface area contributed by atoms with Gasteiger partial charge < -0.3 is 36.5 Å². The maximum Gasteiger partial charge on any atom is 0.407 e. The van der Waals surface area contributed by atoms with Gasteiger partial charge in [-0.1, -0.05) is 126 Å². The Morgan fingerprint density at radius 3 is 1.04 bits per heavy atom. The summed E-state index contributed by atoms with van der Waals surface area (Å²) in [7, 11) is 0. The zero-order valence-electron chi connectivity index (χ0n) is 42.2. The van der Waals surface area contributed by atoms with Gasteiger partial charge in [0.2, 0.25) is 0 Å². The first kappa shape index (κ1) is 51.7. The number of rotatable bonds is 12. The summed E-state index contributed by atoms with van der Waals surface area (Å²) >= 11 is 0. The van der Waals surface area contributed by atoms with Gasteiger partial charge in [-0.25, -0.2) is 9.59 Å². The monoisotopic (exact) mass is 914 g/mol. The predicted molar refractivity (Wildman–Crippen MR) is 277 cm³/mol. The van der Waals surface area contributed by atoms with Gasteiger partial charge >= 0.3 is 12.2 Å². The Kier molecular flexibility index (Phi) is 18.5. The molecule has 9 nitrogen and oxygen atoms in total. The highest BCUT2D eigenvalue weighted by molar-refractivity contribution is 5.68. The number of hydrogen-bond acceptors (Lipinski definition) is 7. The summed E-state index contributed by atoms with van der Waals surface area (Å²) in [5, 5.41) is 13.7. The summed E-state index contributed by atoms with van der Waals surface area (Å²) in [6, 6.07) is 34.8. The van der Waals surface area contributed by atoms with Crippen molar-refractivity contribution in [1.82, 2.24) is 21.3 Å². The lowest BCUT2D eigenvalue weighted by Crippen LogP contribution is -2.44. The molecule has 0 aromatic heterocycles. The molecule has 0 bridgehead atoms. The van der Waals surface area contributed by atoms with Crippen molar-refractivity contribution < 1.29 is 19.1 Å². The van der Waals surface area contributed by atoms with Crippen LogP contribution < -0.4 is 27.0 Å². The molecule has 8 rings (SSSR count). The van der Waals surface area contributed by atoms with Gasteiger partial charge in [0.1, 0.15) is 11.2 Å². The van der Waals surface area contributed by atoms with E-state index < -0.39 is 11.2 Å². The number of ether oxygens (including phenoxy) is 2. The first-order chi connectivity index (χ1) is 31.9. The molecule has 0 saturated heterocycles. The Morgan fingerprint density at radius 1 is 0.478 bits per heavy atom. The highest BCUT2D eigenvalue weighted by Gasteiger charge is 2.41. The van der Waals surface area contributed by atoms with Gasteiger partial charge in [-0.3, -0.25) is 0 Å². The number of hydrogen-bond donors (Lipinski definition) is 5. The van der Waals surface area contributed by atoms with Gasteiger partial charge in [0.25, 0.3) is 0 Å². The van der Waals surface area contributed by atoms with E-state index in [0.717, 1.165) is 57.8 Å². The van der Waals surface area contributed by atoms with Gasteiger partial charge in [0.15, 0.2) is 0 Å². The van der Waals surface area contributed by atoms with Crippen molar-refractivity contribution in [2.45, 2.75) is 186 Å². The number of nitrogens with one attached hydrogen (secondary N) is 4. The zero-order chi connectivity index (χ0) is 48.1. The Labute approximate surface area is 403 Å². The number of benzene rings is 3. The summed E-state index contributed by atoms with van der Waals surface area (Å²) in [5.74, 6) is 1.98. The Bertz CT molecular complexity index is 1970. The third-order valence-electron chi connectivity index (χ3n) is 13.6. The van der Waals surface area contributed by atoms with Crippen molar-refractivity contribution in [3.8, 4) is 0 Å². The minimum absolute atomic E-state index is 0.243. The van der Waals surface area contributed by atoms with Crippen molar-refractivity contribution in [3.63, 3.8) is 0 Å². The number of amides is 2. The fourth-order valence-corrected chi connectivity index (χ4v) is 9.62. The molecule has 6 unspecified atom stereocenters. The quantitative estimate of drug-likeness (QED) is 0.122. The van der Waals surface area contributed by atoms with Crippen LogP contribution in [0.5, 0.6) is 0 Å². The fourth-order valence-electron chi connectivity index (χ4n) is 9.62. The number of carbonyl (C=O) groups is 2. The molecule has 9 heteroatoms. The lowest BCUT2D eigenvalue weighted by Gasteiger charge is -2.30. The topological polar surface area (TPSA) is 127 Å². The van der Waals surface area contributed by atoms with Crippen LogP contribution in [0.1, 0.15) is 150 Å². The van der Waals surface area contributed by atoms with E-state index >= 15 is 0 Å². The molecule has 5 saturated carbocycles. The average molecular weight is 914 g/mol. The van der Waals surface area contributed by atoms with Crippen LogP contribution in [0.25, 0.3) is 18.2 Å². The summed E-state index contributed by atoms with van der Waals surface area (Å²) in [5.41, 5.74) is 13.1.